The molecule has 0 N–H and O–H groups in total. The van der Waals surface area contributed by atoms with Crippen LogP contribution in [0.3, 0.4) is 0 Å². The van der Waals surface area contributed by atoms with Gasteiger partial charge in [0.05, 0.1) is 13.2 Å². The molecule has 0 aliphatic carbocycles. The van der Waals surface area contributed by atoms with E-state index in [2.05, 4.69) is 14.6 Å². The van der Waals surface area contributed by atoms with E-state index in [0.717, 1.165) is 18.6 Å². The molecule has 0 aromatic carbocycles. The molecule has 0 aliphatic heterocycles. The van der Waals surface area contributed by atoms with Gasteiger partial charge in [-0.25, -0.2) is 18.4 Å². The number of thiol groups is 1. The van der Waals surface area contributed by atoms with E-state index >= 15 is 0 Å². The summed E-state index contributed by atoms with van der Waals surface area (Å²) in [4.78, 5) is 23.5. The minimum atomic E-state index is -4.14. The summed E-state index contributed by atoms with van der Waals surface area (Å²) in [5.41, 5.74) is 0.0175. The fourth-order valence-corrected chi connectivity index (χ4v) is 1.59. The first-order valence-corrected chi connectivity index (χ1v) is 9.56. The summed E-state index contributed by atoms with van der Waals surface area (Å²) in [6, 6.07) is 0. The lowest BCUT2D eigenvalue weighted by Crippen LogP contribution is -2.45. The maximum absolute atomic E-state index is 13.1. The van der Waals surface area contributed by atoms with Crippen LogP contribution in [0.1, 0.15) is 47.0 Å². The van der Waals surface area contributed by atoms with Gasteiger partial charge in [-0.2, -0.15) is 8.78 Å². The molecule has 0 bridgehead atoms. The second-order valence-electron chi connectivity index (χ2n) is 5.73. The van der Waals surface area contributed by atoms with Gasteiger partial charge < -0.3 is 14.2 Å². The molecule has 5 nitrogen and oxygen atoms in total. The van der Waals surface area contributed by atoms with Gasteiger partial charge in [-0.05, 0) is 26.7 Å². The van der Waals surface area contributed by atoms with Gasteiger partial charge in [0.1, 0.15) is 0 Å². The van der Waals surface area contributed by atoms with Crippen LogP contribution >= 0.6 is 8.02 Å². The van der Waals surface area contributed by atoms with Gasteiger partial charge in [-0.1, -0.05) is 6.58 Å². The average Bonchev–Trinajstić information content (AvgIpc) is 2.54. The number of halogens is 4. The van der Waals surface area contributed by atoms with Crippen molar-refractivity contribution in [3.8, 4) is 0 Å². The maximum atomic E-state index is 13.1. The lowest BCUT2D eigenvalue weighted by atomic mass is 10.1. The fourth-order valence-electron chi connectivity index (χ4n) is 1.59. The highest BCUT2D eigenvalue weighted by atomic mass is 32.4. The summed E-state index contributed by atoms with van der Waals surface area (Å²) in [6.45, 7) is 7.28. The topological polar surface area (TPSA) is 61.8 Å². The third-order valence-electron chi connectivity index (χ3n) is 3.19. The zero-order valence-electron chi connectivity index (χ0n) is 16.7. The van der Waals surface area contributed by atoms with Crippen molar-refractivity contribution in [1.82, 2.24) is 0 Å². The predicted molar refractivity (Wildman–Crippen MR) is 98.4 cm³/mol. The fraction of sp³-hybridized carbons (Fsp3) is 0.750. The Morgan fingerprint density at radius 3 is 2.15 bits per heavy atom. The van der Waals surface area contributed by atoms with E-state index in [1.165, 1.54) is 13.8 Å². The van der Waals surface area contributed by atoms with E-state index in [1.54, 1.807) is 0 Å². The molecule has 0 aromatic heterocycles. The third kappa shape index (κ3) is 10.1. The Hall–Kier alpha value is -1.12. The zero-order chi connectivity index (χ0) is 22.6. The summed E-state index contributed by atoms with van der Waals surface area (Å²) in [7, 11) is 2.77. The van der Waals surface area contributed by atoms with Crippen molar-refractivity contribution < 1.29 is 41.4 Å². The quantitative estimate of drug-likeness (QED) is 0.0706. The van der Waals surface area contributed by atoms with Crippen molar-refractivity contribution in [3.05, 3.63) is 12.2 Å². The Kier molecular flexibility index (Phi) is 11.8. The summed E-state index contributed by atoms with van der Waals surface area (Å²) in [6.07, 6.45) is -1.36. The molecular weight excluding hydrogens is 411 g/mol. The molecular formula is C16H26F4O5PS+. The summed E-state index contributed by atoms with van der Waals surface area (Å²) >= 11 is 0.806. The second kappa shape index (κ2) is 12.4. The first kappa shape index (κ1) is 25.9. The number of ether oxygens (including phenoxy) is 3. The third-order valence-corrected chi connectivity index (χ3v) is 3.19. The molecule has 0 saturated carbocycles. The molecule has 0 spiro atoms. The number of unbranched alkanes of at least 4 members (excludes halogenated alkanes) is 1. The van der Waals surface area contributed by atoms with E-state index in [1.807, 2.05) is 0 Å². The van der Waals surface area contributed by atoms with E-state index in [9.17, 15) is 27.2 Å². The van der Waals surface area contributed by atoms with Gasteiger partial charge in [0, 0.05) is 25.8 Å². The highest BCUT2D eigenvalue weighted by Crippen LogP contribution is 2.37. The van der Waals surface area contributed by atoms with Crippen molar-refractivity contribution in [2.24, 2.45) is 0 Å². The molecule has 0 aromatic rings. The zero-order valence-corrected chi connectivity index (χ0v) is 17.5. The Labute approximate surface area is 164 Å². The van der Waals surface area contributed by atoms with Crippen LogP contribution in [0.4, 0.5) is 17.6 Å². The molecule has 158 valence electrons. The van der Waals surface area contributed by atoms with E-state index in [-0.39, 0.29) is 38.6 Å². The van der Waals surface area contributed by atoms with Crippen molar-refractivity contribution in [2.75, 3.05) is 13.2 Å². The van der Waals surface area contributed by atoms with Gasteiger partial charge in [-0.3, -0.25) is 0 Å². The second-order valence-corrected chi connectivity index (χ2v) is 5.73. The van der Waals surface area contributed by atoms with Crippen LogP contribution in [0, 0.1) is 0 Å². The monoisotopic (exact) mass is 439 g/mol. The minimum Gasteiger partial charge on any atom is -0.461 e. The van der Waals surface area contributed by atoms with Crippen LogP contribution in [0.5, 0.6) is 0 Å². The number of carbonyl (C=O) groups is 2. The van der Waals surface area contributed by atoms with Crippen LogP contribution in [-0.2, 0) is 35.5 Å². The lowest BCUT2D eigenvalue weighted by molar-refractivity contribution is -0.235. The summed E-state index contributed by atoms with van der Waals surface area (Å²) in [5, 5.41) is 0. The smallest absolute Gasteiger partial charge is 0.461 e. The number of carbonyl (C=O) groups excluding carboxylic acids is 2. The number of rotatable bonds is 11. The van der Waals surface area contributed by atoms with Crippen LogP contribution in [0.25, 0.3) is 0 Å². The molecule has 0 aliphatic rings. The van der Waals surface area contributed by atoms with Crippen molar-refractivity contribution in [1.29, 1.82) is 1.12 Å². The van der Waals surface area contributed by atoms with Gasteiger partial charge in [0.25, 0.3) is 0 Å². The van der Waals surface area contributed by atoms with Gasteiger partial charge in [0.2, 0.25) is 8.02 Å². The number of esters is 2. The Balaban J connectivity index is 0. The standard InChI is InChI=1S/C16H24F4O5.HPS/c1-6-23-13(22)14(4,25-12(21)11(2)3)24-10-8-7-9-16(19,20)15(5,17)18;1-2/h2,6-10H2,1,3-5H3;1H/p+1/i/hT. The molecule has 0 rings (SSSR count). The van der Waals surface area contributed by atoms with E-state index < -0.39 is 36.0 Å². The van der Waals surface area contributed by atoms with Crippen molar-refractivity contribution in [2.45, 2.75) is 64.6 Å². The van der Waals surface area contributed by atoms with E-state index in [0.29, 0.717) is 0 Å². The predicted octanol–water partition coefficient (Wildman–Crippen LogP) is 4.19. The SMILES string of the molecule is C=C(C)C(=O)OC(C)(OCCCCC(F)(F)C(C)(F)F)C(=O)OCC.[3H][S+]=P. The number of hydrogen-bond acceptors (Lipinski definition) is 5. The Morgan fingerprint density at radius 1 is 1.22 bits per heavy atom. The maximum Gasteiger partial charge on any atom is 0.461 e. The van der Waals surface area contributed by atoms with Crippen LogP contribution in [-0.4, -0.2) is 43.9 Å². The summed E-state index contributed by atoms with van der Waals surface area (Å²) in [5.74, 6) is -12.2. The molecule has 1 unspecified atom stereocenters. The molecule has 11 heteroatoms. The van der Waals surface area contributed by atoms with Crippen LogP contribution < -0.4 is 0 Å². The molecule has 0 amide bonds. The summed E-state index contributed by atoms with van der Waals surface area (Å²) < 4.78 is 72.6. The van der Waals surface area contributed by atoms with Crippen molar-refractivity contribution >= 4 is 31.7 Å². The van der Waals surface area contributed by atoms with Gasteiger partial charge in [0.15, 0.2) is 11.7 Å². The molecule has 1 atom stereocenters. The molecule has 0 heterocycles. The molecule has 0 saturated heterocycles. The lowest BCUT2D eigenvalue weighted by Gasteiger charge is -2.27. The highest BCUT2D eigenvalue weighted by Gasteiger charge is 2.51. The van der Waals surface area contributed by atoms with E-state index in [4.69, 9.17) is 15.3 Å². The first-order chi connectivity index (χ1) is 12.7. The number of hydrogen-bond donors (Lipinski definition) is 0. The molecule has 0 fully saturated rings. The highest BCUT2D eigenvalue weighted by molar-refractivity contribution is 7.88. The minimum absolute atomic E-state index is 0.000209. The van der Waals surface area contributed by atoms with Crippen LogP contribution in [0.2, 0.25) is 0 Å². The molecule has 0 radical (unpaired) electrons. The first-order valence-electron chi connectivity index (χ1n) is 8.33. The Bertz CT molecular complexity index is 546. The largest absolute Gasteiger partial charge is 0.461 e. The Morgan fingerprint density at radius 2 is 1.74 bits per heavy atom. The molecule has 27 heavy (non-hydrogen) atoms. The average molecular weight is 439 g/mol. The van der Waals surface area contributed by atoms with Crippen LogP contribution in [0.15, 0.2) is 12.2 Å². The van der Waals surface area contributed by atoms with Gasteiger partial charge >= 0.3 is 30.7 Å². The van der Waals surface area contributed by atoms with Gasteiger partial charge in [-0.15, -0.1) is 0 Å². The number of alkyl halides is 4. The normalized spacial score (nSPS) is 14.0. The van der Waals surface area contributed by atoms with Crippen molar-refractivity contribution in [3.63, 3.8) is 0 Å².